The van der Waals surface area contributed by atoms with E-state index < -0.39 is 0 Å². The smallest absolute Gasteiger partial charge is 0.184 e. The molecule has 0 bridgehead atoms. The van der Waals surface area contributed by atoms with Gasteiger partial charge < -0.3 is 9.84 Å². The fourth-order valence-electron chi connectivity index (χ4n) is 3.73. The second-order valence-electron chi connectivity index (χ2n) is 7.06. The van der Waals surface area contributed by atoms with Crippen LogP contribution < -0.4 is 0 Å². The zero-order chi connectivity index (χ0) is 19.5. The quantitative estimate of drug-likeness (QED) is 0.540. The van der Waals surface area contributed by atoms with Gasteiger partial charge in [-0.3, -0.25) is 9.59 Å². The molecular weight excluding hydrogens is 354 g/mol. The number of carbonyl (C=O) groups excluding carboxylic acids is 2. The SMILES string of the molecule is O=Cc1c(O)ccc2cc(-c3cccc(C(=O)C4CCCOCC4)n3)ccc12. The van der Waals surface area contributed by atoms with E-state index in [9.17, 15) is 14.7 Å². The molecule has 0 spiro atoms. The Morgan fingerprint density at radius 1 is 1.11 bits per heavy atom. The Balaban J connectivity index is 1.68. The van der Waals surface area contributed by atoms with E-state index in [0.717, 1.165) is 30.2 Å². The summed E-state index contributed by atoms with van der Waals surface area (Å²) in [5.74, 6) is -0.00497. The van der Waals surface area contributed by atoms with Gasteiger partial charge in [-0.1, -0.05) is 24.3 Å². The lowest BCUT2D eigenvalue weighted by Crippen LogP contribution is -2.16. The highest BCUT2D eigenvalue weighted by atomic mass is 16.5. The topological polar surface area (TPSA) is 76.5 Å². The molecule has 1 aliphatic rings. The summed E-state index contributed by atoms with van der Waals surface area (Å²) in [6, 6.07) is 14.3. The van der Waals surface area contributed by atoms with Crippen LogP contribution in [0.5, 0.6) is 5.75 Å². The number of hydrogen-bond donors (Lipinski definition) is 1. The number of hydrogen-bond acceptors (Lipinski definition) is 5. The first kappa shape index (κ1) is 18.3. The fraction of sp³-hybridized carbons (Fsp3) is 0.261. The van der Waals surface area contributed by atoms with Crippen molar-refractivity contribution in [2.75, 3.05) is 13.2 Å². The molecular formula is C23H21NO4. The second kappa shape index (κ2) is 7.90. The first-order valence-corrected chi connectivity index (χ1v) is 9.47. The summed E-state index contributed by atoms with van der Waals surface area (Å²) in [5, 5.41) is 11.4. The normalized spacial score (nSPS) is 17.2. The largest absolute Gasteiger partial charge is 0.507 e. The number of aromatic nitrogens is 1. The summed E-state index contributed by atoms with van der Waals surface area (Å²) < 4.78 is 5.46. The number of ketones is 1. The van der Waals surface area contributed by atoms with Crippen LogP contribution in [0.15, 0.2) is 48.5 Å². The molecule has 0 radical (unpaired) electrons. The van der Waals surface area contributed by atoms with E-state index >= 15 is 0 Å². The van der Waals surface area contributed by atoms with Crippen LogP contribution in [0.3, 0.4) is 0 Å². The highest BCUT2D eigenvalue weighted by Crippen LogP contribution is 2.30. The van der Waals surface area contributed by atoms with Crippen LogP contribution >= 0.6 is 0 Å². The minimum absolute atomic E-state index is 0.0339. The highest BCUT2D eigenvalue weighted by molar-refractivity contribution is 6.02. The van der Waals surface area contributed by atoms with Gasteiger partial charge in [0.15, 0.2) is 12.1 Å². The summed E-state index contributed by atoms with van der Waals surface area (Å²) in [6.45, 7) is 1.33. The Morgan fingerprint density at radius 3 is 2.86 bits per heavy atom. The number of rotatable bonds is 4. The van der Waals surface area contributed by atoms with Crippen molar-refractivity contribution in [3.63, 3.8) is 0 Å². The van der Waals surface area contributed by atoms with Crippen molar-refractivity contribution in [2.24, 2.45) is 5.92 Å². The minimum Gasteiger partial charge on any atom is -0.507 e. The van der Waals surface area contributed by atoms with Crippen LogP contribution in [-0.4, -0.2) is 35.4 Å². The number of phenolic OH excluding ortho intramolecular Hbond substituents is 1. The Kier molecular flexibility index (Phi) is 5.17. The van der Waals surface area contributed by atoms with E-state index in [1.807, 2.05) is 24.3 Å². The predicted octanol–water partition coefficient (Wildman–Crippen LogP) is 4.42. The number of aromatic hydroxyl groups is 1. The molecule has 3 aromatic rings. The summed E-state index contributed by atoms with van der Waals surface area (Å²) in [4.78, 5) is 28.8. The first-order valence-electron chi connectivity index (χ1n) is 9.47. The molecule has 5 nitrogen and oxygen atoms in total. The third-order valence-electron chi connectivity index (χ3n) is 5.28. The molecule has 2 heterocycles. The van der Waals surface area contributed by atoms with Crippen molar-refractivity contribution in [2.45, 2.75) is 19.3 Å². The monoisotopic (exact) mass is 375 g/mol. The molecule has 1 saturated heterocycles. The molecule has 142 valence electrons. The first-order chi connectivity index (χ1) is 13.7. The standard InChI is InChI=1S/C23H21NO4/c25-14-19-18-8-6-17(13-16(18)7-9-22(19)26)20-4-1-5-21(24-20)23(27)15-3-2-11-28-12-10-15/h1,4-9,13-15,26H,2-3,10-12H2. The summed E-state index contributed by atoms with van der Waals surface area (Å²) in [7, 11) is 0. The number of carbonyl (C=O) groups is 2. The maximum absolute atomic E-state index is 12.9. The highest BCUT2D eigenvalue weighted by Gasteiger charge is 2.23. The molecule has 4 rings (SSSR count). The predicted molar refractivity (Wildman–Crippen MR) is 107 cm³/mol. The van der Waals surface area contributed by atoms with Crippen LogP contribution in [0.25, 0.3) is 22.0 Å². The minimum atomic E-state index is -0.0417. The van der Waals surface area contributed by atoms with Gasteiger partial charge >= 0.3 is 0 Å². The van der Waals surface area contributed by atoms with Crippen LogP contribution in [0.2, 0.25) is 0 Å². The lowest BCUT2D eigenvalue weighted by molar-refractivity contribution is 0.0888. The average Bonchev–Trinajstić information content (AvgIpc) is 3.02. The molecule has 0 aliphatic carbocycles. The van der Waals surface area contributed by atoms with Gasteiger partial charge in [-0.25, -0.2) is 4.98 Å². The van der Waals surface area contributed by atoms with E-state index in [2.05, 4.69) is 4.98 Å². The molecule has 0 amide bonds. The van der Waals surface area contributed by atoms with Gasteiger partial charge in [-0.2, -0.15) is 0 Å². The van der Waals surface area contributed by atoms with Gasteiger partial charge in [0.2, 0.25) is 0 Å². The van der Waals surface area contributed by atoms with Crippen molar-refractivity contribution in [1.82, 2.24) is 4.98 Å². The van der Waals surface area contributed by atoms with E-state index in [-0.39, 0.29) is 23.0 Å². The number of Topliss-reactive ketones (excluding diaryl/α,β-unsaturated/α-hetero) is 1. The summed E-state index contributed by atoms with van der Waals surface area (Å²) in [6.07, 6.45) is 3.12. The number of fused-ring (bicyclic) bond motifs is 1. The number of aldehydes is 1. The molecule has 1 aromatic heterocycles. The lowest BCUT2D eigenvalue weighted by Gasteiger charge is -2.12. The van der Waals surface area contributed by atoms with E-state index in [4.69, 9.17) is 4.74 Å². The third kappa shape index (κ3) is 3.53. The van der Waals surface area contributed by atoms with E-state index in [0.29, 0.717) is 36.3 Å². The zero-order valence-electron chi connectivity index (χ0n) is 15.4. The van der Waals surface area contributed by atoms with Crippen LogP contribution in [-0.2, 0) is 4.74 Å². The number of phenols is 1. The molecule has 1 fully saturated rings. The Hall–Kier alpha value is -3.05. The van der Waals surface area contributed by atoms with Crippen molar-refractivity contribution in [1.29, 1.82) is 0 Å². The van der Waals surface area contributed by atoms with Crippen molar-refractivity contribution < 1.29 is 19.4 Å². The van der Waals surface area contributed by atoms with Crippen molar-refractivity contribution in [3.8, 4) is 17.0 Å². The Morgan fingerprint density at radius 2 is 2.00 bits per heavy atom. The molecule has 2 aromatic carbocycles. The van der Waals surface area contributed by atoms with Gasteiger partial charge in [0.25, 0.3) is 0 Å². The number of pyridine rings is 1. The van der Waals surface area contributed by atoms with Gasteiger partial charge in [-0.15, -0.1) is 0 Å². The molecule has 28 heavy (non-hydrogen) atoms. The van der Waals surface area contributed by atoms with Crippen molar-refractivity contribution >= 4 is 22.8 Å². The molecule has 0 saturated carbocycles. The molecule has 1 atom stereocenters. The number of benzene rings is 2. The summed E-state index contributed by atoms with van der Waals surface area (Å²) >= 11 is 0. The van der Waals surface area contributed by atoms with E-state index in [1.54, 1.807) is 18.2 Å². The van der Waals surface area contributed by atoms with Gasteiger partial charge in [0.1, 0.15) is 11.4 Å². The Labute approximate surface area is 163 Å². The van der Waals surface area contributed by atoms with Crippen LogP contribution in [0.4, 0.5) is 0 Å². The van der Waals surface area contributed by atoms with Gasteiger partial charge in [0.05, 0.1) is 11.3 Å². The maximum Gasteiger partial charge on any atom is 0.184 e. The number of ether oxygens (including phenoxy) is 1. The van der Waals surface area contributed by atoms with Crippen LogP contribution in [0.1, 0.15) is 40.1 Å². The molecule has 5 heteroatoms. The Bertz CT molecular complexity index is 1040. The summed E-state index contributed by atoms with van der Waals surface area (Å²) in [5.41, 5.74) is 2.31. The fourth-order valence-corrected chi connectivity index (χ4v) is 3.73. The third-order valence-corrected chi connectivity index (χ3v) is 5.28. The van der Waals surface area contributed by atoms with Crippen molar-refractivity contribution in [3.05, 3.63) is 59.8 Å². The van der Waals surface area contributed by atoms with E-state index in [1.165, 1.54) is 6.07 Å². The second-order valence-corrected chi connectivity index (χ2v) is 7.06. The van der Waals surface area contributed by atoms with Gasteiger partial charge in [0, 0.05) is 24.7 Å². The molecule has 1 N–H and O–H groups in total. The van der Waals surface area contributed by atoms with Crippen LogP contribution in [0, 0.1) is 5.92 Å². The molecule has 1 aliphatic heterocycles. The lowest BCUT2D eigenvalue weighted by atomic mass is 9.93. The average molecular weight is 375 g/mol. The zero-order valence-corrected chi connectivity index (χ0v) is 15.4. The van der Waals surface area contributed by atoms with Gasteiger partial charge in [-0.05, 0) is 54.3 Å². The number of nitrogens with zero attached hydrogens (tertiary/aromatic N) is 1. The maximum atomic E-state index is 12.9. The molecule has 1 unspecified atom stereocenters.